The highest BCUT2D eigenvalue weighted by Gasteiger charge is 2.56. The molecule has 4 aliphatic heterocycles. The maximum absolute atomic E-state index is 15.9. The predicted octanol–water partition coefficient (Wildman–Crippen LogP) is 3.20. The van der Waals surface area contributed by atoms with E-state index in [0.717, 1.165) is 6.07 Å². The van der Waals surface area contributed by atoms with Crippen LogP contribution in [0.1, 0.15) is 44.6 Å². The molecule has 1 amide bonds. The molecule has 0 radical (unpaired) electrons. The third kappa shape index (κ3) is 4.25. The van der Waals surface area contributed by atoms with E-state index in [2.05, 4.69) is 10.2 Å². The number of hydrogen-bond acceptors (Lipinski definition) is 7. The van der Waals surface area contributed by atoms with Crippen molar-refractivity contribution in [3.8, 4) is 0 Å². The summed E-state index contributed by atoms with van der Waals surface area (Å²) in [6.07, 6.45) is -4.84. The van der Waals surface area contributed by atoms with Crippen LogP contribution in [0.5, 0.6) is 0 Å². The third-order valence-electron chi connectivity index (χ3n) is 8.89. The van der Waals surface area contributed by atoms with Crippen molar-refractivity contribution in [2.24, 2.45) is 12.5 Å². The summed E-state index contributed by atoms with van der Waals surface area (Å²) in [4.78, 5) is 16.8. The fourth-order valence-electron chi connectivity index (χ4n) is 6.90. The molecule has 0 bridgehead atoms. The molecule has 4 aliphatic rings. The Hall–Kier alpha value is -3.36. The number of aryl methyl sites for hydroxylation is 1. The molecule has 0 saturated carbocycles. The number of benzene rings is 2. The summed E-state index contributed by atoms with van der Waals surface area (Å²) in [7, 11) is -1.37. The number of sulfone groups is 1. The van der Waals surface area contributed by atoms with E-state index in [9.17, 15) is 26.4 Å². The smallest absolute Gasteiger partial charge is 0.379 e. The van der Waals surface area contributed by atoms with Gasteiger partial charge in [-0.2, -0.15) is 13.2 Å². The monoisotopic (exact) mass is 605 g/mol. The highest BCUT2D eigenvalue weighted by Crippen LogP contribution is 2.47. The van der Waals surface area contributed by atoms with Crippen molar-refractivity contribution in [2.75, 3.05) is 42.7 Å². The molecule has 14 heteroatoms. The first-order valence-corrected chi connectivity index (χ1v) is 15.3. The second-order valence-corrected chi connectivity index (χ2v) is 14.2. The molecule has 0 N–H and O–H groups in total. The average molecular weight is 606 g/mol. The van der Waals surface area contributed by atoms with Crippen molar-refractivity contribution in [3.05, 3.63) is 76.4 Å². The largest absolute Gasteiger partial charge is 0.416 e. The maximum Gasteiger partial charge on any atom is 0.416 e. The van der Waals surface area contributed by atoms with Crippen molar-refractivity contribution in [1.82, 2.24) is 19.7 Å². The number of halogens is 4. The lowest BCUT2D eigenvalue weighted by Crippen LogP contribution is -2.67. The number of amides is 1. The molecule has 3 saturated heterocycles. The molecule has 1 atom stereocenters. The molecule has 3 fully saturated rings. The molecule has 7 rings (SSSR count). The molecular weight excluding hydrogens is 578 g/mol. The van der Waals surface area contributed by atoms with E-state index in [1.54, 1.807) is 31.3 Å². The topological polar surface area (TPSA) is 97.6 Å². The van der Waals surface area contributed by atoms with E-state index in [-0.39, 0.29) is 60.2 Å². The first-order chi connectivity index (χ1) is 19.8. The number of aromatic nitrogens is 3. The van der Waals surface area contributed by atoms with Crippen molar-refractivity contribution >= 4 is 21.4 Å². The number of carbonyl (C=O) groups excluding carboxylic acids is 1. The molecule has 3 aromatic rings. The standard InChI is InChI=1S/C28H27F4N5O4S/c1-35-16-33-34-24(35)23(29)27(12-41-13-27)18-3-2-4-19(7-18)37-9-21-20(25(37)38)5-17(6-22(21)28(30,31)32)8-36-10-26(11-36)14-42(39,40)15-26/h2-7,16,23H,8-15H2,1H3/t23-/m0/s1. The maximum atomic E-state index is 15.9. The fourth-order valence-corrected chi connectivity index (χ4v) is 9.05. The van der Waals surface area contributed by atoms with Crippen LogP contribution >= 0.6 is 0 Å². The molecule has 9 nitrogen and oxygen atoms in total. The lowest BCUT2D eigenvalue weighted by atomic mass is 9.74. The van der Waals surface area contributed by atoms with Gasteiger partial charge in [0.15, 0.2) is 21.8 Å². The van der Waals surface area contributed by atoms with Gasteiger partial charge in [0.2, 0.25) is 0 Å². The van der Waals surface area contributed by atoms with Gasteiger partial charge in [-0.25, -0.2) is 12.8 Å². The Bertz CT molecular complexity index is 1700. The number of rotatable bonds is 6. The van der Waals surface area contributed by atoms with Crippen LogP contribution < -0.4 is 4.90 Å². The van der Waals surface area contributed by atoms with Gasteiger partial charge in [-0.1, -0.05) is 12.1 Å². The Morgan fingerprint density at radius 2 is 1.86 bits per heavy atom. The van der Waals surface area contributed by atoms with Gasteiger partial charge in [-0.15, -0.1) is 10.2 Å². The second-order valence-electron chi connectivity index (χ2n) is 12.1. The summed E-state index contributed by atoms with van der Waals surface area (Å²) in [6, 6.07) is 9.22. The summed E-state index contributed by atoms with van der Waals surface area (Å²) in [5.41, 5.74) is -1.11. The molecule has 5 heterocycles. The van der Waals surface area contributed by atoms with Crippen molar-refractivity contribution < 1.29 is 35.5 Å². The van der Waals surface area contributed by atoms with Crippen LogP contribution in [0.3, 0.4) is 0 Å². The number of hydrogen-bond donors (Lipinski definition) is 0. The molecule has 1 spiro atoms. The predicted molar refractivity (Wildman–Crippen MR) is 142 cm³/mol. The van der Waals surface area contributed by atoms with Crippen LogP contribution in [0.25, 0.3) is 0 Å². The van der Waals surface area contributed by atoms with Crippen LogP contribution in [0.4, 0.5) is 23.2 Å². The van der Waals surface area contributed by atoms with Crippen molar-refractivity contribution in [3.63, 3.8) is 0 Å². The Kier molecular flexibility index (Phi) is 5.93. The van der Waals surface area contributed by atoms with Gasteiger partial charge in [0, 0.05) is 43.3 Å². The Morgan fingerprint density at radius 3 is 2.45 bits per heavy atom. The summed E-state index contributed by atoms with van der Waals surface area (Å²) in [6.45, 7) is 1.04. The van der Waals surface area contributed by atoms with E-state index in [0.29, 0.717) is 29.9 Å². The van der Waals surface area contributed by atoms with Gasteiger partial charge >= 0.3 is 6.18 Å². The van der Waals surface area contributed by atoms with Crippen LogP contribution in [0.15, 0.2) is 42.7 Å². The van der Waals surface area contributed by atoms with Crippen molar-refractivity contribution in [2.45, 2.75) is 30.9 Å². The van der Waals surface area contributed by atoms with Gasteiger partial charge < -0.3 is 14.2 Å². The highest BCUT2D eigenvalue weighted by molar-refractivity contribution is 7.92. The Morgan fingerprint density at radius 1 is 1.12 bits per heavy atom. The number of nitrogens with zero attached hydrogens (tertiary/aromatic N) is 5. The summed E-state index contributed by atoms with van der Waals surface area (Å²) in [5, 5.41) is 7.67. The lowest BCUT2D eigenvalue weighted by Gasteiger charge is -2.55. The van der Waals surface area contributed by atoms with E-state index in [1.807, 2.05) is 4.90 Å². The second kappa shape index (κ2) is 9.07. The van der Waals surface area contributed by atoms with Gasteiger partial charge in [0.25, 0.3) is 5.91 Å². The molecule has 2 aromatic carbocycles. The number of fused-ring (bicyclic) bond motifs is 1. The van der Waals surface area contributed by atoms with Crippen LogP contribution in [0, 0.1) is 5.41 Å². The van der Waals surface area contributed by atoms with Gasteiger partial charge in [-0.3, -0.25) is 9.69 Å². The van der Waals surface area contributed by atoms with Crippen LogP contribution in [-0.2, 0) is 46.3 Å². The van der Waals surface area contributed by atoms with Gasteiger partial charge in [-0.05, 0) is 41.0 Å². The summed E-state index contributed by atoms with van der Waals surface area (Å²) in [5.74, 6) is -0.224. The van der Waals surface area contributed by atoms with Gasteiger partial charge in [0.05, 0.1) is 42.2 Å². The zero-order valence-corrected chi connectivity index (χ0v) is 23.4. The quantitative estimate of drug-likeness (QED) is 0.398. The molecule has 1 aromatic heterocycles. The zero-order chi connectivity index (χ0) is 29.7. The Labute approximate surface area is 239 Å². The molecular formula is C28H27F4N5O4S. The minimum atomic E-state index is -4.68. The summed E-state index contributed by atoms with van der Waals surface area (Å²) < 4.78 is 88.7. The third-order valence-corrected chi connectivity index (χ3v) is 11.0. The normalized spacial score (nSPS) is 22.8. The molecule has 0 aliphatic carbocycles. The van der Waals surface area contributed by atoms with E-state index < -0.39 is 39.1 Å². The van der Waals surface area contributed by atoms with E-state index in [1.165, 1.54) is 21.9 Å². The minimum Gasteiger partial charge on any atom is -0.379 e. The zero-order valence-electron chi connectivity index (χ0n) is 22.6. The molecule has 0 unspecified atom stereocenters. The Balaban J connectivity index is 1.17. The lowest BCUT2D eigenvalue weighted by molar-refractivity contribution is -0.138. The molecule has 222 valence electrons. The van der Waals surface area contributed by atoms with E-state index >= 15 is 4.39 Å². The van der Waals surface area contributed by atoms with Crippen LogP contribution in [0.2, 0.25) is 0 Å². The number of alkyl halides is 4. The minimum absolute atomic E-state index is 0.0177. The number of likely N-dealkylation sites (tertiary alicyclic amines) is 1. The number of carbonyl (C=O) groups is 1. The van der Waals surface area contributed by atoms with Crippen LogP contribution in [-0.4, -0.2) is 71.8 Å². The summed E-state index contributed by atoms with van der Waals surface area (Å²) >= 11 is 0. The average Bonchev–Trinajstić information content (AvgIpc) is 3.43. The van der Waals surface area contributed by atoms with Gasteiger partial charge in [0.1, 0.15) is 6.33 Å². The number of anilines is 1. The first-order valence-electron chi connectivity index (χ1n) is 13.4. The molecule has 42 heavy (non-hydrogen) atoms. The SMILES string of the molecule is Cn1cnnc1[C@H](F)C1(c2cccc(N3Cc4c(cc(CN5CC6(C5)CS(=O)(=O)C6)cc4C(F)(F)F)C3=O)c2)COC1. The van der Waals surface area contributed by atoms with E-state index in [4.69, 9.17) is 4.74 Å². The number of ether oxygens (including phenoxy) is 1. The highest BCUT2D eigenvalue weighted by atomic mass is 32.2. The fraction of sp³-hybridized carbons (Fsp3) is 0.464. The first kappa shape index (κ1) is 27.5. The van der Waals surface area contributed by atoms with Crippen molar-refractivity contribution in [1.29, 1.82) is 0 Å².